The molecule has 0 saturated carbocycles. The Morgan fingerprint density at radius 1 is 1.00 bits per heavy atom. The van der Waals surface area contributed by atoms with E-state index in [1.54, 1.807) is 0 Å². The van der Waals surface area contributed by atoms with E-state index in [4.69, 9.17) is 0 Å². The van der Waals surface area contributed by atoms with Crippen molar-refractivity contribution in [2.24, 2.45) is 0 Å². The lowest BCUT2D eigenvalue weighted by atomic mass is 10.1. The third-order valence-electron chi connectivity index (χ3n) is 5.02. The molecule has 36 heavy (non-hydrogen) atoms. The fourth-order valence-electron chi connectivity index (χ4n) is 3.18. The Morgan fingerprint density at radius 3 is 2.47 bits per heavy atom. The molecular formula is C24H22F5N5O2. The first kappa shape index (κ1) is 26.6. The molecule has 1 amide bonds. The van der Waals surface area contributed by atoms with Gasteiger partial charge >= 0.3 is 6.18 Å². The number of anilines is 1. The largest absolute Gasteiger partial charge is 0.417 e. The summed E-state index contributed by atoms with van der Waals surface area (Å²) < 4.78 is 66.7. The quantitative estimate of drug-likeness (QED) is 0.229. The number of hydrogen-bond acceptors (Lipinski definition) is 6. The van der Waals surface area contributed by atoms with Gasteiger partial charge in [0.25, 0.3) is 0 Å². The summed E-state index contributed by atoms with van der Waals surface area (Å²) in [6, 6.07) is 5.15. The molecule has 2 aromatic heterocycles. The van der Waals surface area contributed by atoms with E-state index in [1.165, 1.54) is 19.1 Å². The first-order valence-corrected chi connectivity index (χ1v) is 10.9. The van der Waals surface area contributed by atoms with Crippen LogP contribution in [0.2, 0.25) is 0 Å². The molecule has 0 aliphatic carbocycles. The van der Waals surface area contributed by atoms with Gasteiger partial charge in [-0.05, 0) is 25.0 Å². The number of alkyl halides is 3. The molecule has 0 aliphatic rings. The van der Waals surface area contributed by atoms with Gasteiger partial charge in [-0.3, -0.25) is 14.6 Å². The Hall–Kier alpha value is -3.96. The topological polar surface area (TPSA) is 96.9 Å². The highest BCUT2D eigenvalue weighted by molar-refractivity contribution is 5.95. The standard InChI is InChI=1S/C24H22F5N5O2/c1-14(35)31-7-3-2-4-21(36)20-10-22(32-12-15-5-6-18(25)9-19(15)26)34-23(33-20)16-8-17(13-30-11-16)24(27,28)29/h5-6,8-11,13H,2-4,7,12H2,1H3,(H,31,35)(H,32,33,34). The van der Waals surface area contributed by atoms with E-state index in [0.29, 0.717) is 31.6 Å². The lowest BCUT2D eigenvalue weighted by Crippen LogP contribution is -2.20. The van der Waals surface area contributed by atoms with Crippen LogP contribution in [0.3, 0.4) is 0 Å². The number of unbranched alkanes of at least 4 members (excludes halogenated alkanes) is 1. The monoisotopic (exact) mass is 507 g/mol. The predicted molar refractivity (Wildman–Crippen MR) is 121 cm³/mol. The van der Waals surface area contributed by atoms with Crippen LogP contribution in [0, 0.1) is 11.6 Å². The third kappa shape index (κ3) is 7.52. The molecule has 12 heteroatoms. The van der Waals surface area contributed by atoms with Gasteiger partial charge in [0.1, 0.15) is 23.1 Å². The maximum atomic E-state index is 14.0. The highest BCUT2D eigenvalue weighted by atomic mass is 19.4. The smallest absolute Gasteiger partial charge is 0.366 e. The third-order valence-corrected chi connectivity index (χ3v) is 5.02. The lowest BCUT2D eigenvalue weighted by molar-refractivity contribution is -0.137. The minimum absolute atomic E-state index is 0.0565. The van der Waals surface area contributed by atoms with Crippen LogP contribution in [0.25, 0.3) is 11.4 Å². The van der Waals surface area contributed by atoms with E-state index in [9.17, 15) is 31.5 Å². The Morgan fingerprint density at radius 2 is 1.78 bits per heavy atom. The summed E-state index contributed by atoms with van der Waals surface area (Å²) in [7, 11) is 0. The van der Waals surface area contributed by atoms with Gasteiger partial charge in [-0.2, -0.15) is 13.2 Å². The van der Waals surface area contributed by atoms with Crippen LogP contribution in [0.4, 0.5) is 27.8 Å². The Labute approximate surface area is 203 Å². The van der Waals surface area contributed by atoms with E-state index in [-0.39, 0.29) is 47.3 Å². The van der Waals surface area contributed by atoms with Crippen LogP contribution in [-0.4, -0.2) is 33.2 Å². The summed E-state index contributed by atoms with van der Waals surface area (Å²) >= 11 is 0. The average molecular weight is 507 g/mol. The Balaban J connectivity index is 1.87. The molecule has 3 aromatic rings. The van der Waals surface area contributed by atoms with Gasteiger partial charge in [0.2, 0.25) is 5.91 Å². The van der Waals surface area contributed by atoms with E-state index < -0.39 is 29.2 Å². The number of carbonyl (C=O) groups excluding carboxylic acids is 2. The minimum Gasteiger partial charge on any atom is -0.366 e. The Bertz CT molecular complexity index is 1250. The van der Waals surface area contributed by atoms with Crippen LogP contribution >= 0.6 is 0 Å². The maximum Gasteiger partial charge on any atom is 0.417 e. The van der Waals surface area contributed by atoms with Crippen molar-refractivity contribution in [2.75, 3.05) is 11.9 Å². The van der Waals surface area contributed by atoms with E-state index in [2.05, 4.69) is 25.6 Å². The second-order valence-electron chi connectivity index (χ2n) is 7.87. The van der Waals surface area contributed by atoms with Crippen molar-refractivity contribution in [3.8, 4) is 11.4 Å². The molecule has 2 heterocycles. The molecule has 0 radical (unpaired) electrons. The summed E-state index contributed by atoms with van der Waals surface area (Å²) in [5.41, 5.74) is -1.02. The number of carbonyl (C=O) groups is 2. The molecule has 0 spiro atoms. The highest BCUT2D eigenvalue weighted by Crippen LogP contribution is 2.31. The number of amides is 1. The number of nitrogens with one attached hydrogen (secondary N) is 2. The predicted octanol–water partition coefficient (Wildman–Crippen LogP) is 4.94. The summed E-state index contributed by atoms with van der Waals surface area (Å²) in [5.74, 6) is -2.25. The minimum atomic E-state index is -4.65. The Kier molecular flexibility index (Phi) is 8.62. The zero-order chi connectivity index (χ0) is 26.3. The number of Topliss-reactive ketones (excluding diaryl/α,β-unsaturated/α-hetero) is 1. The summed E-state index contributed by atoms with van der Waals surface area (Å²) in [4.78, 5) is 35.6. The molecule has 0 atom stereocenters. The molecule has 0 bridgehead atoms. The van der Waals surface area contributed by atoms with Crippen molar-refractivity contribution in [1.82, 2.24) is 20.3 Å². The van der Waals surface area contributed by atoms with Gasteiger partial charge in [0, 0.05) is 62.1 Å². The second kappa shape index (κ2) is 11.6. The molecular weight excluding hydrogens is 485 g/mol. The number of benzene rings is 1. The van der Waals surface area contributed by atoms with Crippen molar-refractivity contribution in [2.45, 2.75) is 38.9 Å². The normalized spacial score (nSPS) is 11.3. The SMILES string of the molecule is CC(=O)NCCCCC(=O)c1cc(NCc2ccc(F)cc2F)nc(-c2cncc(C(F)(F)F)c2)n1. The number of hydrogen-bond donors (Lipinski definition) is 2. The van der Waals surface area contributed by atoms with Gasteiger partial charge in [-0.25, -0.2) is 18.7 Å². The van der Waals surface area contributed by atoms with Crippen molar-refractivity contribution in [3.63, 3.8) is 0 Å². The molecule has 1 aromatic carbocycles. The zero-order valence-corrected chi connectivity index (χ0v) is 19.1. The zero-order valence-electron chi connectivity index (χ0n) is 19.1. The van der Waals surface area contributed by atoms with E-state index >= 15 is 0 Å². The van der Waals surface area contributed by atoms with Gasteiger partial charge in [0.05, 0.1) is 5.56 Å². The number of pyridine rings is 1. The number of nitrogens with zero attached hydrogens (tertiary/aromatic N) is 3. The lowest BCUT2D eigenvalue weighted by Gasteiger charge is -2.12. The summed E-state index contributed by atoms with van der Waals surface area (Å²) in [6.07, 6.45) is -1.81. The number of halogens is 5. The molecule has 7 nitrogen and oxygen atoms in total. The second-order valence-corrected chi connectivity index (χ2v) is 7.87. The number of rotatable bonds is 10. The van der Waals surface area contributed by atoms with Crippen molar-refractivity contribution in [3.05, 3.63) is 71.2 Å². The fraction of sp³-hybridized carbons (Fsp3) is 0.292. The molecule has 0 aliphatic heterocycles. The molecule has 0 saturated heterocycles. The van der Waals surface area contributed by atoms with Crippen LogP contribution in [0.15, 0.2) is 42.7 Å². The molecule has 0 fully saturated rings. The summed E-state index contributed by atoms with van der Waals surface area (Å²) in [5, 5.41) is 5.42. The first-order valence-electron chi connectivity index (χ1n) is 10.9. The highest BCUT2D eigenvalue weighted by Gasteiger charge is 2.31. The van der Waals surface area contributed by atoms with Crippen molar-refractivity contribution >= 4 is 17.5 Å². The van der Waals surface area contributed by atoms with Crippen molar-refractivity contribution in [1.29, 1.82) is 0 Å². The molecule has 3 rings (SSSR count). The van der Waals surface area contributed by atoms with Crippen LogP contribution in [0.5, 0.6) is 0 Å². The molecule has 0 unspecified atom stereocenters. The van der Waals surface area contributed by atoms with Crippen LogP contribution in [0.1, 0.15) is 47.8 Å². The fourth-order valence-corrected chi connectivity index (χ4v) is 3.18. The molecule has 190 valence electrons. The summed E-state index contributed by atoms with van der Waals surface area (Å²) in [6.45, 7) is 1.64. The van der Waals surface area contributed by atoms with Gasteiger partial charge in [-0.1, -0.05) is 6.07 Å². The van der Waals surface area contributed by atoms with Crippen molar-refractivity contribution < 1.29 is 31.5 Å². The first-order chi connectivity index (χ1) is 17.0. The van der Waals surface area contributed by atoms with Crippen LogP contribution < -0.4 is 10.6 Å². The van der Waals surface area contributed by atoms with Crippen LogP contribution in [-0.2, 0) is 17.5 Å². The average Bonchev–Trinajstić information content (AvgIpc) is 2.82. The van der Waals surface area contributed by atoms with Gasteiger partial charge < -0.3 is 10.6 Å². The van der Waals surface area contributed by atoms with Gasteiger partial charge in [-0.15, -0.1) is 0 Å². The number of ketones is 1. The van der Waals surface area contributed by atoms with E-state index in [1.807, 2.05) is 0 Å². The molecule has 2 N–H and O–H groups in total. The maximum absolute atomic E-state index is 14.0. The van der Waals surface area contributed by atoms with E-state index in [0.717, 1.165) is 18.3 Å². The number of aromatic nitrogens is 3. The van der Waals surface area contributed by atoms with Gasteiger partial charge in [0.15, 0.2) is 11.6 Å².